The van der Waals surface area contributed by atoms with Gasteiger partial charge in [0.25, 0.3) is 5.92 Å². The summed E-state index contributed by atoms with van der Waals surface area (Å²) in [6.45, 7) is 4.81. The summed E-state index contributed by atoms with van der Waals surface area (Å²) in [4.78, 5) is 20.4. The number of hydrogen-bond acceptors (Lipinski definition) is 5. The molecule has 1 amide bonds. The number of allylic oxidation sites excluding steroid dienone is 2. The van der Waals surface area contributed by atoms with Gasteiger partial charge in [-0.15, -0.1) is 11.3 Å². The van der Waals surface area contributed by atoms with Crippen molar-refractivity contribution < 1.29 is 22.4 Å². The highest BCUT2D eigenvalue weighted by Crippen LogP contribution is 2.42. The lowest BCUT2D eigenvalue weighted by Gasteiger charge is -2.32. The minimum atomic E-state index is -2.97. The fraction of sp³-hybridized carbons (Fsp3) is 0.233. The third-order valence-corrected chi connectivity index (χ3v) is 8.30. The molecule has 2 aliphatic heterocycles. The molecular weight excluding hydrogens is 554 g/mol. The van der Waals surface area contributed by atoms with E-state index in [1.54, 1.807) is 39.7 Å². The van der Waals surface area contributed by atoms with Crippen LogP contribution in [0.1, 0.15) is 22.4 Å². The van der Waals surface area contributed by atoms with E-state index >= 15 is 0 Å². The zero-order valence-corrected chi connectivity index (χ0v) is 22.9. The molecule has 0 aliphatic carbocycles. The molecule has 11 heteroatoms. The normalized spacial score (nSPS) is 17.2. The quantitative estimate of drug-likeness (QED) is 0.150. The van der Waals surface area contributed by atoms with Gasteiger partial charge in [-0.1, -0.05) is 18.7 Å². The number of thiophene rings is 1. The Labute approximate surface area is 237 Å². The second kappa shape index (κ2) is 10.4. The van der Waals surface area contributed by atoms with Crippen LogP contribution in [0.3, 0.4) is 0 Å². The Morgan fingerprint density at radius 2 is 1.98 bits per heavy atom. The topological polar surface area (TPSA) is 54.3 Å². The highest BCUT2D eigenvalue weighted by Gasteiger charge is 2.39. The Bertz CT molecular complexity index is 1750. The van der Waals surface area contributed by atoms with Gasteiger partial charge in [-0.05, 0) is 48.3 Å². The molecule has 0 fully saturated rings. The summed E-state index contributed by atoms with van der Waals surface area (Å²) in [5, 5.41) is 7.28. The number of carbonyl (C=O) groups excluding carboxylic acids is 1. The Morgan fingerprint density at radius 1 is 1.15 bits per heavy atom. The zero-order valence-electron chi connectivity index (χ0n) is 22.1. The lowest BCUT2D eigenvalue weighted by molar-refractivity contribution is -0.127. The Kier molecular flexibility index (Phi) is 6.87. The fourth-order valence-corrected chi connectivity index (χ4v) is 6.45. The molecule has 0 saturated carbocycles. The number of aromatic nitrogens is 3. The predicted octanol–water partition coefficient (Wildman–Crippen LogP) is 6.69. The molecule has 0 atom stereocenters. The second-order valence-electron chi connectivity index (χ2n) is 10.2. The van der Waals surface area contributed by atoms with Gasteiger partial charge in [0, 0.05) is 45.9 Å². The van der Waals surface area contributed by atoms with Crippen molar-refractivity contribution in [3.8, 4) is 22.6 Å². The standard InChI is InChI=1S/C30H25F4N5OS/c1-3-26(40)38-9-10-39-21(16-38)14-25(36-39)28-23(13-20(32)6-8-31)29-22(7-11-41-29)27(35-28)18-4-5-24-19(12-18)15-37(2)17-30(24,33)34/h3-8,11-14H,1,9-10,15-17H2,2H3/b8-6+,20-13?. The number of alkyl halides is 2. The first-order chi connectivity index (χ1) is 19.7. The lowest BCUT2D eigenvalue weighted by atomic mass is 9.93. The average molecular weight is 580 g/mol. The number of benzene rings is 1. The van der Waals surface area contributed by atoms with Crippen LogP contribution in [0.5, 0.6) is 0 Å². The van der Waals surface area contributed by atoms with Crippen LogP contribution in [-0.4, -0.2) is 50.6 Å². The van der Waals surface area contributed by atoms with Crippen molar-refractivity contribution in [2.75, 3.05) is 20.1 Å². The summed E-state index contributed by atoms with van der Waals surface area (Å²) in [6, 6.07) is 8.48. The number of likely N-dealkylation sites (N-methyl/N-ethyl adjacent to an activating group) is 1. The minimum Gasteiger partial charge on any atom is -0.331 e. The van der Waals surface area contributed by atoms with E-state index in [2.05, 4.69) is 6.58 Å². The molecule has 0 saturated heterocycles. The van der Waals surface area contributed by atoms with Crippen molar-refractivity contribution >= 4 is 33.4 Å². The van der Waals surface area contributed by atoms with Crippen molar-refractivity contribution in [2.45, 2.75) is 25.6 Å². The van der Waals surface area contributed by atoms with E-state index < -0.39 is 11.7 Å². The van der Waals surface area contributed by atoms with Gasteiger partial charge in [0.05, 0.1) is 37.4 Å². The van der Waals surface area contributed by atoms with Gasteiger partial charge in [-0.3, -0.25) is 14.4 Å². The van der Waals surface area contributed by atoms with Crippen LogP contribution in [0.15, 0.2) is 66.6 Å². The molecule has 6 rings (SSSR count). The molecule has 1 aromatic carbocycles. The fourth-order valence-electron chi connectivity index (χ4n) is 5.54. The molecular formula is C30H25F4N5OS. The van der Waals surface area contributed by atoms with E-state index in [0.29, 0.717) is 76.1 Å². The minimum absolute atomic E-state index is 0.00109. The van der Waals surface area contributed by atoms with E-state index in [1.165, 1.54) is 29.6 Å². The molecule has 0 N–H and O–H groups in total. The summed E-state index contributed by atoms with van der Waals surface area (Å²) in [5.74, 6) is -3.96. The van der Waals surface area contributed by atoms with Crippen LogP contribution in [0.4, 0.5) is 17.6 Å². The monoisotopic (exact) mass is 579 g/mol. The third kappa shape index (κ3) is 4.89. The van der Waals surface area contributed by atoms with E-state index in [-0.39, 0.29) is 24.3 Å². The first kappa shape index (κ1) is 27.1. The molecule has 0 unspecified atom stereocenters. The zero-order chi connectivity index (χ0) is 28.9. The second-order valence-corrected chi connectivity index (χ2v) is 11.1. The summed E-state index contributed by atoms with van der Waals surface area (Å²) in [5.41, 5.74) is 3.72. The van der Waals surface area contributed by atoms with Crippen LogP contribution >= 0.6 is 11.3 Å². The molecule has 41 heavy (non-hydrogen) atoms. The molecule has 0 radical (unpaired) electrons. The SMILES string of the molecule is C=CC(=O)N1CCn2nc(-c3nc(-c4ccc5c(c4)CN(C)CC5(F)F)c4ccsc4c3C=C(F)/C=C/F)cc2C1. The van der Waals surface area contributed by atoms with Crippen molar-refractivity contribution in [1.29, 1.82) is 0 Å². The van der Waals surface area contributed by atoms with Gasteiger partial charge >= 0.3 is 0 Å². The maximum Gasteiger partial charge on any atom is 0.285 e. The van der Waals surface area contributed by atoms with E-state index in [9.17, 15) is 22.4 Å². The lowest BCUT2D eigenvalue weighted by Crippen LogP contribution is -2.38. The van der Waals surface area contributed by atoms with Crippen molar-refractivity contribution in [3.05, 3.63) is 89.0 Å². The number of pyridine rings is 1. The van der Waals surface area contributed by atoms with Gasteiger partial charge in [-0.2, -0.15) is 13.9 Å². The van der Waals surface area contributed by atoms with Crippen LogP contribution in [0.2, 0.25) is 0 Å². The Balaban J connectivity index is 1.54. The van der Waals surface area contributed by atoms with Crippen molar-refractivity contribution in [2.24, 2.45) is 0 Å². The van der Waals surface area contributed by atoms with Crippen LogP contribution < -0.4 is 0 Å². The molecule has 3 aromatic heterocycles. The molecule has 0 bridgehead atoms. The Hall–Kier alpha value is -4.09. The van der Waals surface area contributed by atoms with Crippen LogP contribution in [0, 0.1) is 0 Å². The summed E-state index contributed by atoms with van der Waals surface area (Å²) < 4.78 is 59.5. The number of amides is 1. The van der Waals surface area contributed by atoms with Gasteiger partial charge in [0.2, 0.25) is 5.91 Å². The first-order valence-electron chi connectivity index (χ1n) is 12.9. The molecule has 0 spiro atoms. The number of rotatable bonds is 5. The molecule has 4 aromatic rings. The van der Waals surface area contributed by atoms with E-state index in [0.717, 1.165) is 5.69 Å². The van der Waals surface area contributed by atoms with E-state index in [4.69, 9.17) is 10.1 Å². The first-order valence-corrected chi connectivity index (χ1v) is 13.8. The summed E-state index contributed by atoms with van der Waals surface area (Å²) in [6.07, 6.45) is 3.32. The Morgan fingerprint density at radius 3 is 2.76 bits per heavy atom. The highest BCUT2D eigenvalue weighted by molar-refractivity contribution is 7.17. The predicted molar refractivity (Wildman–Crippen MR) is 151 cm³/mol. The number of fused-ring (bicyclic) bond motifs is 3. The summed E-state index contributed by atoms with van der Waals surface area (Å²) in [7, 11) is 1.66. The van der Waals surface area contributed by atoms with Gasteiger partial charge < -0.3 is 4.90 Å². The van der Waals surface area contributed by atoms with Crippen molar-refractivity contribution in [1.82, 2.24) is 24.6 Å². The molecule has 210 valence electrons. The maximum absolute atomic E-state index is 14.8. The highest BCUT2D eigenvalue weighted by atomic mass is 32.1. The van der Waals surface area contributed by atoms with Gasteiger partial charge in [-0.25, -0.2) is 13.8 Å². The number of halogens is 4. The largest absolute Gasteiger partial charge is 0.331 e. The third-order valence-electron chi connectivity index (χ3n) is 7.36. The summed E-state index contributed by atoms with van der Waals surface area (Å²) >= 11 is 1.37. The average Bonchev–Trinajstić information content (AvgIpc) is 3.59. The van der Waals surface area contributed by atoms with Crippen LogP contribution in [-0.2, 0) is 30.4 Å². The smallest absolute Gasteiger partial charge is 0.285 e. The van der Waals surface area contributed by atoms with Gasteiger partial charge in [0.15, 0.2) is 0 Å². The molecule has 2 aliphatic rings. The van der Waals surface area contributed by atoms with Gasteiger partial charge in [0.1, 0.15) is 17.2 Å². The number of hydrogen-bond donors (Lipinski definition) is 0. The maximum atomic E-state index is 14.8. The molecule has 6 nitrogen and oxygen atoms in total. The molecule has 5 heterocycles. The number of carbonyl (C=O) groups is 1. The van der Waals surface area contributed by atoms with Crippen LogP contribution in [0.25, 0.3) is 38.8 Å². The van der Waals surface area contributed by atoms with E-state index in [1.807, 2.05) is 11.4 Å². The van der Waals surface area contributed by atoms with Crippen molar-refractivity contribution in [3.63, 3.8) is 0 Å². The number of nitrogens with zero attached hydrogens (tertiary/aromatic N) is 5.